The Labute approximate surface area is 221 Å². The van der Waals surface area contributed by atoms with Crippen LogP contribution in [0.5, 0.6) is 0 Å². The highest BCUT2D eigenvalue weighted by Crippen LogP contribution is 2.23. The minimum absolute atomic E-state index is 0.181. The van der Waals surface area contributed by atoms with Crippen molar-refractivity contribution in [3.8, 4) is 0 Å². The van der Waals surface area contributed by atoms with Gasteiger partial charge in [0.2, 0.25) is 0 Å². The molecule has 2 atom stereocenters. The Morgan fingerprint density at radius 1 is 1.00 bits per heavy atom. The maximum absolute atomic E-state index is 12.6. The highest BCUT2D eigenvalue weighted by Gasteiger charge is 2.20. The Morgan fingerprint density at radius 3 is 2.49 bits per heavy atom. The van der Waals surface area contributed by atoms with Gasteiger partial charge in [-0.05, 0) is 74.4 Å². The number of nitrogens with zero attached hydrogens (tertiary/aromatic N) is 1. The lowest BCUT2D eigenvalue weighted by atomic mass is 9.99. The van der Waals surface area contributed by atoms with Crippen LogP contribution in [-0.4, -0.2) is 40.6 Å². The van der Waals surface area contributed by atoms with Crippen molar-refractivity contribution < 1.29 is 17.7 Å². The summed E-state index contributed by atoms with van der Waals surface area (Å²) < 4.78 is 41.8. The maximum Gasteiger partial charge on any atom is 0.261 e. The van der Waals surface area contributed by atoms with Gasteiger partial charge in [-0.25, -0.2) is 8.42 Å². The van der Waals surface area contributed by atoms with Crippen LogP contribution >= 0.6 is 0 Å². The predicted molar refractivity (Wildman–Crippen MR) is 150 cm³/mol. The first-order valence-corrected chi connectivity index (χ1v) is 15.1. The van der Waals surface area contributed by atoms with E-state index in [0.717, 1.165) is 28.8 Å². The molecule has 4 rings (SSSR count). The summed E-state index contributed by atoms with van der Waals surface area (Å²) in [6.07, 6.45) is 3.74. The number of aryl methyl sites for hydroxylation is 1. The molecule has 0 amide bonds. The van der Waals surface area contributed by atoms with Crippen LogP contribution in [-0.2, 0) is 27.4 Å². The monoisotopic (exact) mass is 539 g/mol. The van der Waals surface area contributed by atoms with Crippen LogP contribution in [0.25, 0.3) is 10.9 Å². The number of hydrogen-bond acceptors (Lipinski definition) is 5. The molecule has 1 unspecified atom stereocenters. The van der Waals surface area contributed by atoms with E-state index in [4.69, 9.17) is 0 Å². The lowest BCUT2D eigenvalue weighted by Gasteiger charge is -2.28. The molecule has 0 aliphatic heterocycles. The second kappa shape index (κ2) is 11.2. The third-order valence-electron chi connectivity index (χ3n) is 6.40. The number of aromatic nitrogens is 1. The van der Waals surface area contributed by atoms with E-state index < -0.39 is 26.9 Å². The number of nitrogens with one attached hydrogen (secondary N) is 2. The third-order valence-corrected chi connectivity index (χ3v) is 8.72. The number of aliphatic hydroxyl groups is 1. The summed E-state index contributed by atoms with van der Waals surface area (Å²) >= 11 is 0. The molecule has 0 fully saturated rings. The van der Waals surface area contributed by atoms with Crippen molar-refractivity contribution in [3.05, 3.63) is 90.6 Å². The Balaban J connectivity index is 1.35. The zero-order valence-electron chi connectivity index (χ0n) is 21.2. The van der Waals surface area contributed by atoms with E-state index >= 15 is 0 Å². The van der Waals surface area contributed by atoms with E-state index in [0.29, 0.717) is 17.8 Å². The first-order chi connectivity index (χ1) is 17.5. The van der Waals surface area contributed by atoms with Crippen molar-refractivity contribution in [1.82, 2.24) is 9.88 Å². The molecule has 0 radical (unpaired) electrons. The smallest absolute Gasteiger partial charge is 0.261 e. The summed E-state index contributed by atoms with van der Waals surface area (Å²) in [5.41, 5.74) is 1.86. The van der Waals surface area contributed by atoms with Gasteiger partial charge in [0.1, 0.15) is 0 Å². The summed E-state index contributed by atoms with van der Waals surface area (Å²) in [7, 11) is -4.72. The van der Waals surface area contributed by atoms with E-state index in [1.54, 1.807) is 48.7 Å². The Hall–Kier alpha value is -2.98. The molecule has 0 bridgehead atoms. The summed E-state index contributed by atoms with van der Waals surface area (Å²) in [5, 5.41) is 15.3. The largest absolute Gasteiger partial charge is 0.387 e. The van der Waals surface area contributed by atoms with E-state index in [2.05, 4.69) is 28.5 Å². The van der Waals surface area contributed by atoms with Crippen molar-refractivity contribution in [2.24, 2.45) is 0 Å². The van der Waals surface area contributed by atoms with Crippen LogP contribution in [0, 0.1) is 0 Å². The molecule has 0 aliphatic carbocycles. The molecule has 1 heterocycles. The van der Waals surface area contributed by atoms with Gasteiger partial charge in [-0.2, -0.15) is 0 Å². The fourth-order valence-corrected chi connectivity index (χ4v) is 5.78. The first kappa shape index (κ1) is 27.1. The van der Waals surface area contributed by atoms with Crippen LogP contribution in [0.4, 0.5) is 5.69 Å². The van der Waals surface area contributed by atoms with Gasteiger partial charge < -0.3 is 15.0 Å². The highest BCUT2D eigenvalue weighted by atomic mass is 32.2. The standard InChI is InChI=1S/C28H33N3O4S2/c1-28(2,15-17-31-16-14-21-19-24(36(3)33)12-13-26(21)31)29-20-27(32)22-8-7-9-23(18-22)30-37(34,35)25-10-5-4-6-11-25/h4-14,16,18-19,27,29-30,32H,15,17,20H2,1-3H3/t27?,36-/m1/s1. The van der Waals surface area contributed by atoms with Crippen molar-refractivity contribution in [2.45, 2.75) is 48.2 Å². The van der Waals surface area contributed by atoms with Gasteiger partial charge in [0.15, 0.2) is 0 Å². The number of sulfonamides is 1. The molecule has 4 aromatic rings. The van der Waals surface area contributed by atoms with Crippen molar-refractivity contribution in [1.29, 1.82) is 0 Å². The second-order valence-electron chi connectivity index (χ2n) is 9.76. The quantitative estimate of drug-likeness (QED) is 0.257. The molecule has 0 spiro atoms. The van der Waals surface area contributed by atoms with Gasteiger partial charge in [0.25, 0.3) is 10.0 Å². The maximum atomic E-state index is 12.6. The van der Waals surface area contributed by atoms with E-state index in [1.165, 1.54) is 12.1 Å². The van der Waals surface area contributed by atoms with E-state index in [-0.39, 0.29) is 10.4 Å². The molecule has 3 N–H and O–H groups in total. The molecule has 7 nitrogen and oxygen atoms in total. The number of β-amino-alcohol motifs (C(OH)–C–C–N with tert-alkyl or cyclic N) is 1. The zero-order chi connectivity index (χ0) is 26.6. The van der Waals surface area contributed by atoms with Gasteiger partial charge in [0.05, 0.1) is 11.0 Å². The van der Waals surface area contributed by atoms with Gasteiger partial charge in [-0.3, -0.25) is 8.93 Å². The molecule has 0 aliphatic rings. The average molecular weight is 540 g/mol. The zero-order valence-corrected chi connectivity index (χ0v) is 22.9. The highest BCUT2D eigenvalue weighted by molar-refractivity contribution is 7.92. The Kier molecular flexibility index (Phi) is 8.18. The molecular formula is C28H33N3O4S2. The molecule has 1 aromatic heterocycles. The fourth-order valence-electron chi connectivity index (χ4n) is 4.15. The minimum Gasteiger partial charge on any atom is -0.387 e. The molecule has 0 saturated carbocycles. The molecular weight excluding hydrogens is 506 g/mol. The van der Waals surface area contributed by atoms with E-state index in [1.807, 2.05) is 30.5 Å². The summed E-state index contributed by atoms with van der Waals surface area (Å²) in [4.78, 5) is 0.999. The number of fused-ring (bicyclic) bond motifs is 1. The summed E-state index contributed by atoms with van der Waals surface area (Å²) in [5.74, 6) is 0. The molecule has 0 saturated heterocycles. The first-order valence-electron chi connectivity index (χ1n) is 12.1. The minimum atomic E-state index is -3.71. The molecule has 37 heavy (non-hydrogen) atoms. The topological polar surface area (TPSA) is 100 Å². The predicted octanol–water partition coefficient (Wildman–Crippen LogP) is 4.67. The van der Waals surface area contributed by atoms with Crippen LogP contribution in [0.2, 0.25) is 0 Å². The second-order valence-corrected chi connectivity index (χ2v) is 12.8. The van der Waals surface area contributed by atoms with E-state index in [9.17, 15) is 17.7 Å². The van der Waals surface area contributed by atoms with Gasteiger partial charge in [-0.15, -0.1) is 0 Å². The number of rotatable bonds is 11. The SMILES string of the molecule is C[S@@](=O)c1ccc2c(ccn2CCC(C)(C)NCC(O)c2cccc(NS(=O)(=O)c3ccccc3)c2)c1. The van der Waals surface area contributed by atoms with Crippen LogP contribution in [0.3, 0.4) is 0 Å². The molecule has 196 valence electrons. The van der Waals surface area contributed by atoms with Crippen molar-refractivity contribution in [3.63, 3.8) is 0 Å². The van der Waals surface area contributed by atoms with Crippen molar-refractivity contribution in [2.75, 3.05) is 17.5 Å². The molecule has 9 heteroatoms. The molecule has 3 aromatic carbocycles. The Bertz CT molecular complexity index is 1500. The number of benzene rings is 3. The number of hydrogen-bond donors (Lipinski definition) is 3. The van der Waals surface area contributed by atoms with Crippen LogP contribution in [0.1, 0.15) is 31.9 Å². The van der Waals surface area contributed by atoms with Crippen LogP contribution < -0.4 is 10.0 Å². The normalized spacial score (nSPS) is 13.9. The number of anilines is 1. The summed E-state index contributed by atoms with van der Waals surface area (Å²) in [6.45, 7) is 5.28. The lowest BCUT2D eigenvalue weighted by molar-refractivity contribution is 0.158. The van der Waals surface area contributed by atoms with Gasteiger partial charge in [0, 0.05) is 63.4 Å². The van der Waals surface area contributed by atoms with Gasteiger partial charge in [-0.1, -0.05) is 30.3 Å². The fraction of sp³-hybridized carbons (Fsp3) is 0.286. The number of aliphatic hydroxyl groups excluding tert-OH is 1. The third kappa shape index (κ3) is 6.87. The van der Waals surface area contributed by atoms with Crippen LogP contribution in [0.15, 0.2) is 94.9 Å². The Morgan fingerprint density at radius 2 is 1.76 bits per heavy atom. The average Bonchev–Trinajstić information content (AvgIpc) is 3.29. The lowest BCUT2D eigenvalue weighted by Crippen LogP contribution is -2.42. The van der Waals surface area contributed by atoms with Gasteiger partial charge >= 0.3 is 0 Å². The summed E-state index contributed by atoms with van der Waals surface area (Å²) in [6, 6.07) is 22.9. The van der Waals surface area contributed by atoms with Crippen molar-refractivity contribution >= 4 is 37.4 Å².